The van der Waals surface area contributed by atoms with Crippen molar-refractivity contribution in [2.45, 2.75) is 19.9 Å². The zero-order chi connectivity index (χ0) is 21.5. The Bertz CT molecular complexity index is 950. The normalized spacial score (nSPS) is 14.5. The van der Waals surface area contributed by atoms with Gasteiger partial charge in [-0.05, 0) is 37.6 Å². The largest absolute Gasteiger partial charge is 0.369 e. The van der Waals surface area contributed by atoms with E-state index in [2.05, 4.69) is 46.3 Å². The summed E-state index contributed by atoms with van der Waals surface area (Å²) in [4.78, 5) is 38.8. The summed E-state index contributed by atoms with van der Waals surface area (Å²) in [5, 5.41) is 13.6. The molecule has 0 bridgehead atoms. The summed E-state index contributed by atoms with van der Waals surface area (Å²) in [6.45, 7) is 7.17. The molecular weight excluding hydrogens is 386 g/mol. The van der Waals surface area contributed by atoms with Crippen LogP contribution < -0.4 is 15.8 Å². The lowest BCUT2D eigenvalue weighted by molar-refractivity contribution is -0.385. The molecule has 0 saturated carbocycles. The number of anilines is 1. The van der Waals surface area contributed by atoms with Gasteiger partial charge in [-0.3, -0.25) is 29.2 Å². The van der Waals surface area contributed by atoms with Gasteiger partial charge in [-0.25, -0.2) is 0 Å². The highest BCUT2D eigenvalue weighted by Crippen LogP contribution is 2.17. The van der Waals surface area contributed by atoms with Crippen molar-refractivity contribution in [3.63, 3.8) is 0 Å². The van der Waals surface area contributed by atoms with Crippen LogP contribution in [0.3, 0.4) is 0 Å². The van der Waals surface area contributed by atoms with Gasteiger partial charge >= 0.3 is 0 Å². The number of hydrogen-bond acceptors (Lipinski definition) is 6. The first-order valence-corrected chi connectivity index (χ1v) is 10.1. The number of aryl methyl sites for hydroxylation is 1. The number of piperazine rings is 1. The fourth-order valence-corrected chi connectivity index (χ4v) is 3.55. The van der Waals surface area contributed by atoms with Gasteiger partial charge in [0.15, 0.2) is 0 Å². The standard InChI is InChI=1S/C21H27N5O4/c1-17-4-2-5-18(14-17)24-12-10-23(11-13-24)9-3-8-22-20(27)16-25-15-19(26(29)30)6-7-21(25)28/h2,4-7,14-15H,3,8-13,16H2,1H3,(H,22,27). The lowest BCUT2D eigenvalue weighted by Gasteiger charge is -2.36. The summed E-state index contributed by atoms with van der Waals surface area (Å²) in [5.41, 5.74) is 1.87. The van der Waals surface area contributed by atoms with Crippen LogP contribution in [-0.2, 0) is 11.3 Å². The van der Waals surface area contributed by atoms with E-state index in [0.29, 0.717) is 6.54 Å². The molecule has 0 unspecified atom stereocenters. The van der Waals surface area contributed by atoms with Crippen LogP contribution in [0.1, 0.15) is 12.0 Å². The molecule has 1 aliphatic heterocycles. The Morgan fingerprint density at radius 1 is 1.17 bits per heavy atom. The van der Waals surface area contributed by atoms with Crippen LogP contribution >= 0.6 is 0 Å². The first-order chi connectivity index (χ1) is 14.4. The molecule has 0 radical (unpaired) electrons. The van der Waals surface area contributed by atoms with Crippen molar-refractivity contribution in [3.8, 4) is 0 Å². The fraction of sp³-hybridized carbons (Fsp3) is 0.429. The van der Waals surface area contributed by atoms with Crippen molar-refractivity contribution in [2.24, 2.45) is 0 Å². The maximum Gasteiger partial charge on any atom is 0.285 e. The molecule has 1 aromatic heterocycles. The van der Waals surface area contributed by atoms with E-state index in [9.17, 15) is 19.7 Å². The second kappa shape index (κ2) is 10.0. The highest BCUT2D eigenvalue weighted by atomic mass is 16.6. The number of carbonyl (C=O) groups is 1. The number of benzene rings is 1. The van der Waals surface area contributed by atoms with Gasteiger partial charge in [-0.2, -0.15) is 0 Å². The van der Waals surface area contributed by atoms with Gasteiger partial charge in [0.25, 0.3) is 11.2 Å². The molecule has 9 heteroatoms. The molecule has 30 heavy (non-hydrogen) atoms. The second-order valence-corrected chi connectivity index (χ2v) is 7.48. The van der Waals surface area contributed by atoms with E-state index in [1.165, 1.54) is 11.3 Å². The molecular formula is C21H27N5O4. The van der Waals surface area contributed by atoms with Crippen LogP contribution in [0.25, 0.3) is 0 Å². The van der Waals surface area contributed by atoms with Crippen LogP contribution in [0, 0.1) is 17.0 Å². The zero-order valence-electron chi connectivity index (χ0n) is 17.1. The molecule has 2 heterocycles. The molecule has 1 fully saturated rings. The number of nitro groups is 1. The van der Waals surface area contributed by atoms with Crippen molar-refractivity contribution in [1.29, 1.82) is 0 Å². The summed E-state index contributed by atoms with van der Waals surface area (Å²) in [7, 11) is 0. The lowest BCUT2D eigenvalue weighted by atomic mass is 10.2. The van der Waals surface area contributed by atoms with Crippen LogP contribution in [0.2, 0.25) is 0 Å². The molecule has 1 amide bonds. The second-order valence-electron chi connectivity index (χ2n) is 7.48. The highest BCUT2D eigenvalue weighted by molar-refractivity contribution is 5.75. The van der Waals surface area contributed by atoms with Crippen LogP contribution in [0.5, 0.6) is 0 Å². The van der Waals surface area contributed by atoms with Gasteiger partial charge in [-0.15, -0.1) is 0 Å². The maximum absolute atomic E-state index is 12.1. The van der Waals surface area contributed by atoms with Crippen LogP contribution in [-0.4, -0.2) is 59.6 Å². The number of hydrogen-bond donors (Lipinski definition) is 1. The lowest BCUT2D eigenvalue weighted by Crippen LogP contribution is -2.47. The van der Waals surface area contributed by atoms with Crippen molar-refractivity contribution >= 4 is 17.3 Å². The van der Waals surface area contributed by atoms with Crippen LogP contribution in [0.4, 0.5) is 11.4 Å². The molecule has 1 aliphatic rings. The summed E-state index contributed by atoms with van der Waals surface area (Å²) in [6, 6.07) is 10.8. The Kier molecular flexibility index (Phi) is 7.18. The van der Waals surface area contributed by atoms with E-state index in [1.54, 1.807) is 0 Å². The number of nitrogens with one attached hydrogen (secondary N) is 1. The number of aromatic nitrogens is 1. The van der Waals surface area contributed by atoms with E-state index < -0.39 is 10.5 Å². The highest BCUT2D eigenvalue weighted by Gasteiger charge is 2.17. The Morgan fingerprint density at radius 3 is 2.63 bits per heavy atom. The third-order valence-corrected chi connectivity index (χ3v) is 5.21. The Labute approximate surface area is 175 Å². The number of rotatable bonds is 8. The van der Waals surface area contributed by atoms with E-state index >= 15 is 0 Å². The van der Waals surface area contributed by atoms with Gasteiger partial charge in [-0.1, -0.05) is 12.1 Å². The third-order valence-electron chi connectivity index (χ3n) is 5.21. The van der Waals surface area contributed by atoms with E-state index in [1.807, 2.05) is 0 Å². The fourth-order valence-electron chi connectivity index (χ4n) is 3.55. The average Bonchev–Trinajstić information content (AvgIpc) is 2.73. The smallest absolute Gasteiger partial charge is 0.285 e. The first-order valence-electron chi connectivity index (χ1n) is 10.1. The van der Waals surface area contributed by atoms with E-state index in [-0.39, 0.29) is 18.1 Å². The van der Waals surface area contributed by atoms with Gasteiger partial charge in [0.2, 0.25) is 5.91 Å². The molecule has 160 valence electrons. The summed E-state index contributed by atoms with van der Waals surface area (Å²) >= 11 is 0. The Hall–Kier alpha value is -3.20. The summed E-state index contributed by atoms with van der Waals surface area (Å²) in [6.07, 6.45) is 1.90. The van der Waals surface area contributed by atoms with Crippen molar-refractivity contribution in [2.75, 3.05) is 44.2 Å². The molecule has 0 spiro atoms. The van der Waals surface area contributed by atoms with Gasteiger partial charge < -0.3 is 10.2 Å². The molecule has 3 rings (SSSR count). The van der Waals surface area contributed by atoms with E-state index in [0.717, 1.165) is 62.0 Å². The van der Waals surface area contributed by atoms with Crippen molar-refractivity contribution in [1.82, 2.24) is 14.8 Å². The molecule has 0 aliphatic carbocycles. The topological polar surface area (TPSA) is 101 Å². The summed E-state index contributed by atoms with van der Waals surface area (Å²) < 4.78 is 1.05. The van der Waals surface area contributed by atoms with Gasteiger partial charge in [0.1, 0.15) is 6.54 Å². The number of pyridine rings is 1. The predicted molar refractivity (Wildman–Crippen MR) is 115 cm³/mol. The Morgan fingerprint density at radius 2 is 1.93 bits per heavy atom. The SMILES string of the molecule is Cc1cccc(N2CCN(CCCNC(=O)Cn3cc([N+](=O)[O-])ccc3=O)CC2)c1. The van der Waals surface area contributed by atoms with Gasteiger partial charge in [0, 0.05) is 50.5 Å². The predicted octanol–water partition coefficient (Wildman–Crippen LogP) is 1.39. The first kappa shape index (κ1) is 21.5. The minimum absolute atomic E-state index is 0.216. The molecule has 1 aromatic carbocycles. The minimum atomic E-state index is -0.591. The molecule has 0 atom stereocenters. The van der Waals surface area contributed by atoms with Crippen LogP contribution in [0.15, 0.2) is 47.4 Å². The Balaban J connectivity index is 1.37. The maximum atomic E-state index is 12.1. The quantitative estimate of drug-likeness (QED) is 0.399. The number of amides is 1. The minimum Gasteiger partial charge on any atom is -0.369 e. The van der Waals surface area contributed by atoms with Crippen molar-refractivity contribution < 1.29 is 9.72 Å². The average molecular weight is 413 g/mol. The number of carbonyl (C=O) groups excluding carboxylic acids is 1. The van der Waals surface area contributed by atoms with Gasteiger partial charge in [0.05, 0.1) is 11.1 Å². The zero-order valence-corrected chi connectivity index (χ0v) is 17.1. The number of nitrogens with zero attached hydrogens (tertiary/aromatic N) is 4. The molecule has 1 N–H and O–H groups in total. The third kappa shape index (κ3) is 5.90. The molecule has 2 aromatic rings. The summed E-state index contributed by atoms with van der Waals surface area (Å²) in [5.74, 6) is -0.332. The van der Waals surface area contributed by atoms with Crippen molar-refractivity contribution in [3.05, 3.63) is 68.6 Å². The molecule has 1 saturated heterocycles. The monoisotopic (exact) mass is 413 g/mol. The molecule has 9 nitrogen and oxygen atoms in total. The van der Waals surface area contributed by atoms with E-state index in [4.69, 9.17) is 0 Å².